The van der Waals surface area contributed by atoms with E-state index in [-0.39, 0.29) is 37.3 Å². The van der Waals surface area contributed by atoms with Crippen LogP contribution in [0.15, 0.2) is 0 Å². The van der Waals surface area contributed by atoms with Gasteiger partial charge in [0.2, 0.25) is 0 Å². The van der Waals surface area contributed by atoms with E-state index in [1.165, 1.54) is 0 Å². The minimum atomic E-state index is -0.481. The summed E-state index contributed by atoms with van der Waals surface area (Å²) < 4.78 is 10.5. The molecule has 22 heavy (non-hydrogen) atoms. The highest BCUT2D eigenvalue weighted by Crippen LogP contribution is 2.19. The number of likely N-dealkylation sites (tertiary alicyclic amines) is 1. The zero-order chi connectivity index (χ0) is 14.4. The van der Waals surface area contributed by atoms with Gasteiger partial charge in [-0.15, -0.1) is 24.8 Å². The van der Waals surface area contributed by atoms with Crippen LogP contribution in [0.1, 0.15) is 12.8 Å². The number of hydrogen-bond acceptors (Lipinski definition) is 5. The third-order valence-corrected chi connectivity index (χ3v) is 4.32. The monoisotopic (exact) mass is 357 g/mol. The number of ether oxygens (including phenoxy) is 2. The van der Waals surface area contributed by atoms with Crippen LogP contribution >= 0.6 is 24.8 Å². The zero-order valence-electron chi connectivity index (χ0n) is 13.2. The Balaban J connectivity index is 0.00000220. The lowest BCUT2D eigenvalue weighted by Gasteiger charge is -2.36. The number of nitrogens with two attached hydrogens (primary N) is 1. The summed E-state index contributed by atoms with van der Waals surface area (Å²) in [6.07, 6.45) is 1.67. The average Bonchev–Trinajstić information content (AvgIpc) is 2.50. The highest BCUT2D eigenvalue weighted by molar-refractivity contribution is 5.85. The molecular formula is C14H29Cl2N3O3. The quantitative estimate of drug-likeness (QED) is 0.769. The van der Waals surface area contributed by atoms with E-state index in [1.54, 1.807) is 7.11 Å². The molecule has 1 unspecified atom stereocenters. The van der Waals surface area contributed by atoms with E-state index in [1.807, 2.05) is 4.90 Å². The van der Waals surface area contributed by atoms with Gasteiger partial charge >= 0.3 is 0 Å². The first kappa shape index (κ1) is 21.9. The fourth-order valence-corrected chi connectivity index (χ4v) is 2.99. The van der Waals surface area contributed by atoms with Crippen LogP contribution in [0.5, 0.6) is 0 Å². The molecule has 0 aromatic carbocycles. The second kappa shape index (κ2) is 11.4. The van der Waals surface area contributed by atoms with Crippen molar-refractivity contribution in [3.05, 3.63) is 0 Å². The molecule has 0 saturated carbocycles. The first-order valence-electron chi connectivity index (χ1n) is 7.56. The summed E-state index contributed by atoms with van der Waals surface area (Å²) in [6, 6.07) is 0. The molecule has 0 aromatic rings. The lowest BCUT2D eigenvalue weighted by atomic mass is 9.95. The van der Waals surface area contributed by atoms with Gasteiger partial charge in [-0.1, -0.05) is 0 Å². The molecule has 2 fully saturated rings. The minimum absolute atomic E-state index is 0. The summed E-state index contributed by atoms with van der Waals surface area (Å²) in [5.41, 5.74) is 5.55. The standard InChI is InChI=1S/C14H27N3O3.2ClH/c1-19-13(10-15)14(18)17-4-2-12(3-5-17)11-16-6-8-20-9-7-16;;/h12-13H,2-11,15H2,1H3;2*1H. The van der Waals surface area contributed by atoms with Crippen molar-refractivity contribution >= 4 is 30.7 Å². The zero-order valence-corrected chi connectivity index (χ0v) is 14.9. The Hall–Kier alpha value is -0.110. The third-order valence-electron chi connectivity index (χ3n) is 4.32. The summed E-state index contributed by atoms with van der Waals surface area (Å²) >= 11 is 0. The molecule has 2 rings (SSSR count). The second-order valence-electron chi connectivity index (χ2n) is 5.64. The van der Waals surface area contributed by atoms with Gasteiger partial charge in [0.15, 0.2) is 0 Å². The molecule has 6 nitrogen and oxygen atoms in total. The van der Waals surface area contributed by atoms with Crippen LogP contribution in [-0.4, -0.2) is 81.4 Å². The minimum Gasteiger partial charge on any atom is -0.379 e. The highest BCUT2D eigenvalue weighted by atomic mass is 35.5. The number of morpholine rings is 1. The second-order valence-corrected chi connectivity index (χ2v) is 5.64. The molecule has 0 aromatic heterocycles. The van der Waals surface area contributed by atoms with Crippen LogP contribution in [-0.2, 0) is 14.3 Å². The molecule has 132 valence electrons. The number of amides is 1. The maximum atomic E-state index is 12.2. The van der Waals surface area contributed by atoms with Gasteiger partial charge in [0, 0.05) is 46.4 Å². The van der Waals surface area contributed by atoms with E-state index in [0.29, 0.717) is 5.92 Å². The molecule has 8 heteroatoms. The number of nitrogens with zero attached hydrogens (tertiary/aromatic N) is 2. The van der Waals surface area contributed by atoms with Gasteiger partial charge in [-0.2, -0.15) is 0 Å². The van der Waals surface area contributed by atoms with E-state index in [2.05, 4.69) is 4.90 Å². The highest BCUT2D eigenvalue weighted by Gasteiger charge is 2.28. The maximum absolute atomic E-state index is 12.2. The number of hydrogen-bond donors (Lipinski definition) is 1. The van der Waals surface area contributed by atoms with Crippen molar-refractivity contribution < 1.29 is 14.3 Å². The fourth-order valence-electron chi connectivity index (χ4n) is 2.99. The number of rotatable bonds is 5. The smallest absolute Gasteiger partial charge is 0.253 e. The molecule has 2 aliphatic heterocycles. The van der Waals surface area contributed by atoms with Gasteiger partial charge in [-0.25, -0.2) is 0 Å². The first-order chi connectivity index (χ1) is 9.74. The average molecular weight is 358 g/mol. The predicted octanol–water partition coefficient (Wildman–Crippen LogP) is 0.375. The van der Waals surface area contributed by atoms with E-state index in [0.717, 1.165) is 58.8 Å². The third kappa shape index (κ3) is 6.18. The van der Waals surface area contributed by atoms with Crippen LogP contribution in [0.2, 0.25) is 0 Å². The number of piperidine rings is 1. The normalized spacial score (nSPS) is 21.6. The molecule has 2 aliphatic rings. The molecule has 0 bridgehead atoms. The summed E-state index contributed by atoms with van der Waals surface area (Å²) in [6.45, 7) is 6.82. The van der Waals surface area contributed by atoms with Gasteiger partial charge in [0.05, 0.1) is 13.2 Å². The Morgan fingerprint density at radius 3 is 2.32 bits per heavy atom. The topological polar surface area (TPSA) is 68.0 Å². The lowest BCUT2D eigenvalue weighted by Crippen LogP contribution is -2.48. The van der Waals surface area contributed by atoms with E-state index in [4.69, 9.17) is 15.2 Å². The molecule has 0 spiro atoms. The predicted molar refractivity (Wildman–Crippen MR) is 90.9 cm³/mol. The van der Waals surface area contributed by atoms with E-state index >= 15 is 0 Å². The van der Waals surface area contributed by atoms with Gasteiger partial charge in [-0.3, -0.25) is 9.69 Å². The van der Waals surface area contributed by atoms with E-state index in [9.17, 15) is 4.79 Å². The van der Waals surface area contributed by atoms with Crippen LogP contribution < -0.4 is 5.73 Å². The lowest BCUT2D eigenvalue weighted by molar-refractivity contribution is -0.142. The van der Waals surface area contributed by atoms with E-state index < -0.39 is 6.10 Å². The largest absolute Gasteiger partial charge is 0.379 e. The van der Waals surface area contributed by atoms with Crippen molar-refractivity contribution in [3.63, 3.8) is 0 Å². The van der Waals surface area contributed by atoms with Crippen LogP contribution in [0, 0.1) is 5.92 Å². The molecule has 2 heterocycles. The summed E-state index contributed by atoms with van der Waals surface area (Å²) in [5.74, 6) is 0.732. The Bertz CT molecular complexity index is 306. The maximum Gasteiger partial charge on any atom is 0.253 e. The molecule has 2 N–H and O–H groups in total. The molecular weight excluding hydrogens is 329 g/mol. The van der Waals surface area contributed by atoms with Crippen LogP contribution in [0.3, 0.4) is 0 Å². The molecule has 2 saturated heterocycles. The summed E-state index contributed by atoms with van der Waals surface area (Å²) in [7, 11) is 1.54. The Morgan fingerprint density at radius 1 is 1.23 bits per heavy atom. The van der Waals surface area contributed by atoms with Gasteiger partial charge in [-0.05, 0) is 18.8 Å². The van der Waals surface area contributed by atoms with Crippen molar-refractivity contribution in [1.82, 2.24) is 9.80 Å². The fraction of sp³-hybridized carbons (Fsp3) is 0.929. The number of carbonyl (C=O) groups excluding carboxylic acids is 1. The number of halogens is 2. The number of carbonyl (C=O) groups is 1. The Morgan fingerprint density at radius 2 is 1.82 bits per heavy atom. The van der Waals surface area contributed by atoms with Gasteiger partial charge in [0.1, 0.15) is 6.10 Å². The number of methoxy groups -OCH3 is 1. The van der Waals surface area contributed by atoms with Crippen molar-refractivity contribution in [3.8, 4) is 0 Å². The Labute approximate surface area is 145 Å². The Kier molecular flexibility index (Phi) is 11.4. The van der Waals surface area contributed by atoms with Crippen LogP contribution in [0.25, 0.3) is 0 Å². The van der Waals surface area contributed by atoms with Crippen molar-refractivity contribution in [2.24, 2.45) is 11.7 Å². The SMILES string of the molecule is COC(CN)C(=O)N1CCC(CN2CCOCC2)CC1.Cl.Cl. The summed E-state index contributed by atoms with van der Waals surface area (Å²) in [4.78, 5) is 16.5. The van der Waals surface area contributed by atoms with Crippen molar-refractivity contribution in [2.75, 3.05) is 59.6 Å². The first-order valence-corrected chi connectivity index (χ1v) is 7.56. The van der Waals surface area contributed by atoms with Gasteiger partial charge in [0.25, 0.3) is 5.91 Å². The van der Waals surface area contributed by atoms with Crippen molar-refractivity contribution in [2.45, 2.75) is 18.9 Å². The van der Waals surface area contributed by atoms with Gasteiger partial charge < -0.3 is 20.1 Å². The molecule has 1 atom stereocenters. The van der Waals surface area contributed by atoms with Crippen molar-refractivity contribution in [1.29, 1.82) is 0 Å². The molecule has 1 amide bonds. The van der Waals surface area contributed by atoms with Crippen LogP contribution in [0.4, 0.5) is 0 Å². The summed E-state index contributed by atoms with van der Waals surface area (Å²) in [5, 5.41) is 0. The molecule has 0 aliphatic carbocycles. The molecule has 0 radical (unpaired) electrons.